The molecule has 3 aromatic rings. The highest BCUT2D eigenvalue weighted by Crippen LogP contribution is 2.34. The Morgan fingerprint density at radius 3 is 2.60 bits per heavy atom. The van der Waals surface area contributed by atoms with Gasteiger partial charge in [-0.1, -0.05) is 36.4 Å². The van der Waals surface area contributed by atoms with Gasteiger partial charge in [0.05, 0.1) is 16.8 Å². The minimum Gasteiger partial charge on any atom is -0.342 e. The predicted octanol–water partition coefficient (Wildman–Crippen LogP) is 4.43. The summed E-state index contributed by atoms with van der Waals surface area (Å²) in [6.07, 6.45) is 7.68. The Balaban J connectivity index is 1.59. The van der Waals surface area contributed by atoms with Gasteiger partial charge in [0.15, 0.2) is 5.16 Å². The largest absolute Gasteiger partial charge is 0.342 e. The van der Waals surface area contributed by atoms with Crippen LogP contribution < -0.4 is 5.56 Å². The molecule has 2 aromatic heterocycles. The van der Waals surface area contributed by atoms with Gasteiger partial charge in [0.2, 0.25) is 5.91 Å². The first-order valence-electron chi connectivity index (χ1n) is 10.8. The van der Waals surface area contributed by atoms with E-state index in [0.29, 0.717) is 10.9 Å². The van der Waals surface area contributed by atoms with E-state index in [2.05, 4.69) is 0 Å². The SMILES string of the molecule is O=C(CSc1nc2sc3c(c2c(=O)n1-c1ccccc1)CCCCC3)N1CCCC1. The topological polar surface area (TPSA) is 55.2 Å². The molecule has 2 aliphatic rings. The summed E-state index contributed by atoms with van der Waals surface area (Å²) in [4.78, 5) is 35.3. The summed E-state index contributed by atoms with van der Waals surface area (Å²) >= 11 is 3.05. The monoisotopic (exact) mass is 439 g/mol. The first-order valence-corrected chi connectivity index (χ1v) is 12.6. The fourth-order valence-electron chi connectivity index (χ4n) is 4.45. The zero-order chi connectivity index (χ0) is 20.5. The van der Waals surface area contributed by atoms with Crippen LogP contribution in [0.25, 0.3) is 15.9 Å². The number of aromatic nitrogens is 2. The van der Waals surface area contributed by atoms with E-state index < -0.39 is 0 Å². The van der Waals surface area contributed by atoms with Crippen LogP contribution in [0.3, 0.4) is 0 Å². The number of rotatable bonds is 4. The minimum absolute atomic E-state index is 0.00159. The summed E-state index contributed by atoms with van der Waals surface area (Å²) in [5.74, 6) is 0.448. The molecule has 30 heavy (non-hydrogen) atoms. The highest BCUT2D eigenvalue weighted by Gasteiger charge is 2.24. The van der Waals surface area contributed by atoms with Crippen molar-refractivity contribution in [3.8, 4) is 5.69 Å². The molecule has 1 aromatic carbocycles. The smallest absolute Gasteiger partial charge is 0.267 e. The van der Waals surface area contributed by atoms with Crippen molar-refractivity contribution >= 4 is 39.2 Å². The Morgan fingerprint density at radius 2 is 1.80 bits per heavy atom. The second-order valence-corrected chi connectivity index (χ2v) is 10.0. The third-order valence-electron chi connectivity index (χ3n) is 6.01. The van der Waals surface area contributed by atoms with E-state index in [0.717, 1.165) is 61.1 Å². The first kappa shape index (κ1) is 19.8. The number of para-hydroxylation sites is 1. The van der Waals surface area contributed by atoms with Crippen LogP contribution in [0.1, 0.15) is 42.5 Å². The van der Waals surface area contributed by atoms with Crippen LogP contribution in [-0.4, -0.2) is 39.2 Å². The third kappa shape index (κ3) is 3.69. The Labute approximate surface area is 184 Å². The Kier molecular flexibility index (Phi) is 5.65. The van der Waals surface area contributed by atoms with E-state index in [1.807, 2.05) is 35.2 Å². The molecule has 0 radical (unpaired) electrons. The summed E-state index contributed by atoms with van der Waals surface area (Å²) in [6.45, 7) is 1.68. The standard InChI is InChI=1S/C23H25N3O2S2/c27-19(25-13-7-8-14-25)15-29-23-24-21-20(17-11-5-2-6-12-18(17)30-21)22(28)26(23)16-9-3-1-4-10-16/h1,3-4,9-10H,2,5-8,11-15H2. The number of carbonyl (C=O) groups excluding carboxylic acids is 1. The number of aryl methyl sites for hydroxylation is 2. The maximum absolute atomic E-state index is 13.7. The molecule has 156 valence electrons. The fourth-order valence-corrected chi connectivity index (χ4v) is 6.67. The fraction of sp³-hybridized carbons (Fsp3) is 0.435. The third-order valence-corrected chi connectivity index (χ3v) is 8.12. The maximum atomic E-state index is 13.7. The highest BCUT2D eigenvalue weighted by atomic mass is 32.2. The van der Waals surface area contributed by atoms with Gasteiger partial charge in [0.1, 0.15) is 4.83 Å². The number of thiophene rings is 1. The van der Waals surface area contributed by atoms with Crippen molar-refractivity contribution in [3.63, 3.8) is 0 Å². The lowest BCUT2D eigenvalue weighted by molar-refractivity contribution is -0.127. The molecule has 5 rings (SSSR count). The molecule has 0 saturated carbocycles. The number of fused-ring (bicyclic) bond motifs is 3. The lowest BCUT2D eigenvalue weighted by Crippen LogP contribution is -2.29. The normalized spacial score (nSPS) is 16.6. The van der Waals surface area contributed by atoms with E-state index in [-0.39, 0.29) is 11.5 Å². The molecule has 0 spiro atoms. The minimum atomic E-state index is 0.00159. The Bertz CT molecular complexity index is 1130. The van der Waals surface area contributed by atoms with Gasteiger partial charge in [-0.25, -0.2) is 4.98 Å². The molecular weight excluding hydrogens is 414 g/mol. The van der Waals surface area contributed by atoms with Crippen molar-refractivity contribution in [1.29, 1.82) is 0 Å². The van der Waals surface area contributed by atoms with Crippen LogP contribution in [0.15, 0.2) is 40.3 Å². The van der Waals surface area contributed by atoms with Crippen LogP contribution in [0.4, 0.5) is 0 Å². The van der Waals surface area contributed by atoms with Crippen LogP contribution >= 0.6 is 23.1 Å². The average molecular weight is 440 g/mol. The summed E-state index contributed by atoms with van der Waals surface area (Å²) in [5.41, 5.74) is 2.02. The Morgan fingerprint density at radius 1 is 1.03 bits per heavy atom. The molecule has 0 bridgehead atoms. The van der Waals surface area contributed by atoms with Gasteiger partial charge < -0.3 is 4.90 Å². The lowest BCUT2D eigenvalue weighted by atomic mass is 10.1. The summed E-state index contributed by atoms with van der Waals surface area (Å²) < 4.78 is 1.71. The molecule has 1 fully saturated rings. The van der Waals surface area contributed by atoms with E-state index in [9.17, 15) is 9.59 Å². The number of carbonyl (C=O) groups is 1. The molecule has 3 heterocycles. The number of benzene rings is 1. The molecule has 0 atom stereocenters. The Hall–Kier alpha value is -2.12. The quantitative estimate of drug-likeness (QED) is 0.343. The second-order valence-electron chi connectivity index (χ2n) is 7.99. The van der Waals surface area contributed by atoms with E-state index >= 15 is 0 Å². The van der Waals surface area contributed by atoms with Crippen molar-refractivity contribution in [2.75, 3.05) is 18.8 Å². The van der Waals surface area contributed by atoms with Gasteiger partial charge in [0, 0.05) is 18.0 Å². The summed E-state index contributed by atoms with van der Waals surface area (Å²) in [7, 11) is 0. The van der Waals surface area contributed by atoms with E-state index in [4.69, 9.17) is 4.98 Å². The van der Waals surface area contributed by atoms with Crippen LogP contribution in [0.2, 0.25) is 0 Å². The number of hydrogen-bond acceptors (Lipinski definition) is 5. The van der Waals surface area contributed by atoms with Gasteiger partial charge in [-0.2, -0.15) is 0 Å². The highest BCUT2D eigenvalue weighted by molar-refractivity contribution is 7.99. The predicted molar refractivity (Wildman–Crippen MR) is 123 cm³/mol. The second kappa shape index (κ2) is 8.55. The van der Waals surface area contributed by atoms with Crippen LogP contribution in [0.5, 0.6) is 0 Å². The van der Waals surface area contributed by atoms with Gasteiger partial charge in [-0.3, -0.25) is 14.2 Å². The number of nitrogens with zero attached hydrogens (tertiary/aromatic N) is 3. The van der Waals surface area contributed by atoms with Crippen molar-refractivity contribution in [3.05, 3.63) is 51.1 Å². The van der Waals surface area contributed by atoms with E-state index in [1.54, 1.807) is 15.9 Å². The van der Waals surface area contributed by atoms with Gasteiger partial charge in [0.25, 0.3) is 5.56 Å². The lowest BCUT2D eigenvalue weighted by Gasteiger charge is -2.16. The zero-order valence-corrected chi connectivity index (χ0v) is 18.6. The molecule has 1 amide bonds. The molecule has 1 saturated heterocycles. The molecular formula is C23H25N3O2S2. The van der Waals surface area contributed by atoms with Crippen LogP contribution in [-0.2, 0) is 17.6 Å². The molecule has 0 N–H and O–H groups in total. The number of amides is 1. The average Bonchev–Trinajstić information content (AvgIpc) is 3.36. The van der Waals surface area contributed by atoms with Gasteiger partial charge in [-0.05, 0) is 56.2 Å². The molecule has 0 unspecified atom stereocenters. The first-order chi connectivity index (χ1) is 14.7. The molecule has 7 heteroatoms. The zero-order valence-electron chi connectivity index (χ0n) is 16.9. The molecule has 1 aliphatic heterocycles. The molecule has 1 aliphatic carbocycles. The number of likely N-dealkylation sites (tertiary alicyclic amines) is 1. The van der Waals surface area contributed by atoms with Crippen molar-refractivity contribution in [2.45, 2.75) is 50.1 Å². The molecule has 5 nitrogen and oxygen atoms in total. The van der Waals surface area contributed by atoms with Crippen molar-refractivity contribution in [2.24, 2.45) is 0 Å². The number of hydrogen-bond donors (Lipinski definition) is 0. The van der Waals surface area contributed by atoms with E-state index in [1.165, 1.54) is 35.0 Å². The van der Waals surface area contributed by atoms with Crippen LogP contribution in [0, 0.1) is 0 Å². The van der Waals surface area contributed by atoms with Gasteiger partial charge in [-0.15, -0.1) is 11.3 Å². The van der Waals surface area contributed by atoms with Gasteiger partial charge >= 0.3 is 0 Å². The van der Waals surface area contributed by atoms with Crippen molar-refractivity contribution < 1.29 is 4.79 Å². The number of thioether (sulfide) groups is 1. The van der Waals surface area contributed by atoms with Crippen molar-refractivity contribution in [1.82, 2.24) is 14.5 Å². The summed E-state index contributed by atoms with van der Waals surface area (Å²) in [6, 6.07) is 9.69. The maximum Gasteiger partial charge on any atom is 0.267 e. The summed E-state index contributed by atoms with van der Waals surface area (Å²) in [5, 5.41) is 1.40.